The molecule has 4 aromatic rings. The highest BCUT2D eigenvalue weighted by atomic mass is 16.1. The Balaban J connectivity index is 1.47. The fourth-order valence-corrected chi connectivity index (χ4v) is 4.75. The number of nitrogens with zero attached hydrogens (tertiary/aromatic N) is 4. The Hall–Kier alpha value is -4.74. The van der Waals surface area contributed by atoms with Crippen molar-refractivity contribution in [3.8, 4) is 39.7 Å². The van der Waals surface area contributed by atoms with Gasteiger partial charge < -0.3 is 15.1 Å². The molecule has 1 atom stereocenters. The number of nitriles is 1. The molecule has 1 amide bonds. The van der Waals surface area contributed by atoms with Crippen molar-refractivity contribution < 1.29 is 9.59 Å². The number of hydrogen-bond acceptors (Lipinski definition) is 6. The minimum absolute atomic E-state index is 0.300. The number of aromatic amines is 1. The van der Waals surface area contributed by atoms with Crippen LogP contribution >= 0.6 is 0 Å². The number of amides is 1. The monoisotopic (exact) mass is 518 g/mol. The predicted molar refractivity (Wildman–Crippen MR) is 153 cm³/mol. The van der Waals surface area contributed by atoms with Crippen molar-refractivity contribution in [1.82, 2.24) is 20.4 Å². The Bertz CT molecular complexity index is 1530. The number of aromatic nitrogens is 2. The second-order valence-corrected chi connectivity index (χ2v) is 9.83. The van der Waals surface area contributed by atoms with Crippen molar-refractivity contribution in [3.05, 3.63) is 83.9 Å². The highest BCUT2D eigenvalue weighted by molar-refractivity contribution is 5.95. The van der Waals surface area contributed by atoms with Crippen LogP contribution in [-0.2, 0) is 0 Å². The molecule has 1 saturated heterocycles. The molecular weight excluding hydrogens is 488 g/mol. The number of aldehydes is 1. The zero-order valence-corrected chi connectivity index (χ0v) is 22.0. The molecule has 0 radical (unpaired) electrons. The number of carbonyl (C=O) groups is 2. The molecule has 8 heteroatoms. The van der Waals surface area contributed by atoms with Crippen LogP contribution in [0.2, 0.25) is 0 Å². The van der Waals surface area contributed by atoms with Gasteiger partial charge >= 0.3 is 0 Å². The molecule has 0 spiro atoms. The fraction of sp³-hybridized carbons (Fsp3) is 0.226. The van der Waals surface area contributed by atoms with Gasteiger partial charge in [0.2, 0.25) is 0 Å². The molecule has 0 aliphatic carbocycles. The van der Waals surface area contributed by atoms with Crippen molar-refractivity contribution >= 4 is 17.9 Å². The van der Waals surface area contributed by atoms with Crippen LogP contribution < -0.4 is 10.2 Å². The molecule has 2 N–H and O–H groups in total. The first-order chi connectivity index (χ1) is 18.9. The van der Waals surface area contributed by atoms with Crippen LogP contribution in [0.15, 0.2) is 72.8 Å². The van der Waals surface area contributed by atoms with Gasteiger partial charge in [0.1, 0.15) is 12.3 Å². The van der Waals surface area contributed by atoms with Gasteiger partial charge in [0, 0.05) is 59.7 Å². The number of piperazine rings is 1. The Morgan fingerprint density at radius 3 is 2.46 bits per heavy atom. The first-order valence-electron chi connectivity index (χ1n) is 12.9. The lowest BCUT2D eigenvalue weighted by Crippen LogP contribution is -2.44. The van der Waals surface area contributed by atoms with Crippen LogP contribution in [0.5, 0.6) is 0 Å². The van der Waals surface area contributed by atoms with Gasteiger partial charge in [-0.25, -0.2) is 0 Å². The number of carbonyl (C=O) groups excluding carboxylic acids is 2. The Morgan fingerprint density at radius 2 is 1.74 bits per heavy atom. The lowest BCUT2D eigenvalue weighted by atomic mass is 9.97. The summed E-state index contributed by atoms with van der Waals surface area (Å²) in [5, 5.41) is 19.3. The van der Waals surface area contributed by atoms with Crippen molar-refractivity contribution in [2.75, 3.05) is 38.1 Å². The minimum atomic E-state index is -0.573. The SMILES string of the molecule is CC(C#N)NC(=O)c1cccc(-c2cc(-c3ccc(N4CCN(C)CC4)c(-c4ccc(C=O)cc4)c3)[nH]n2)c1. The molecule has 1 aliphatic rings. The van der Waals surface area contributed by atoms with E-state index in [2.05, 4.69) is 50.6 Å². The smallest absolute Gasteiger partial charge is 0.252 e. The third-order valence-electron chi connectivity index (χ3n) is 7.05. The minimum Gasteiger partial charge on any atom is -0.368 e. The van der Waals surface area contributed by atoms with Crippen molar-refractivity contribution in [2.45, 2.75) is 13.0 Å². The quantitative estimate of drug-likeness (QED) is 0.346. The van der Waals surface area contributed by atoms with Gasteiger partial charge in [0.15, 0.2) is 0 Å². The molecule has 5 rings (SSSR count). The molecular formula is C31H30N6O2. The lowest BCUT2D eigenvalue weighted by Gasteiger charge is -2.35. The molecule has 3 aromatic carbocycles. The molecule has 0 saturated carbocycles. The number of H-pyrrole nitrogens is 1. The van der Waals surface area contributed by atoms with Gasteiger partial charge in [-0.3, -0.25) is 14.7 Å². The summed E-state index contributed by atoms with van der Waals surface area (Å²) in [6.45, 7) is 5.53. The molecule has 1 unspecified atom stereocenters. The summed E-state index contributed by atoms with van der Waals surface area (Å²) in [6, 6.07) is 24.7. The van der Waals surface area contributed by atoms with Crippen LogP contribution in [0.1, 0.15) is 27.6 Å². The first-order valence-corrected chi connectivity index (χ1v) is 12.9. The molecule has 2 heterocycles. The number of hydrogen-bond donors (Lipinski definition) is 2. The van der Waals surface area contributed by atoms with E-state index in [-0.39, 0.29) is 5.91 Å². The maximum absolute atomic E-state index is 12.5. The van der Waals surface area contributed by atoms with Gasteiger partial charge in [-0.1, -0.05) is 42.5 Å². The summed E-state index contributed by atoms with van der Waals surface area (Å²) < 4.78 is 0. The van der Waals surface area contributed by atoms with E-state index < -0.39 is 6.04 Å². The van der Waals surface area contributed by atoms with E-state index in [1.54, 1.807) is 19.1 Å². The summed E-state index contributed by atoms with van der Waals surface area (Å²) in [5.41, 5.74) is 7.77. The predicted octanol–water partition coefficient (Wildman–Crippen LogP) is 4.62. The number of anilines is 1. The summed E-state index contributed by atoms with van der Waals surface area (Å²) in [6.07, 6.45) is 0.858. The third-order valence-corrected chi connectivity index (χ3v) is 7.05. The Kier molecular flexibility index (Phi) is 7.53. The van der Waals surface area contributed by atoms with E-state index in [0.29, 0.717) is 16.8 Å². The normalized spacial score (nSPS) is 14.4. The molecule has 196 valence electrons. The first kappa shape index (κ1) is 25.9. The van der Waals surface area contributed by atoms with Crippen LogP contribution in [0.3, 0.4) is 0 Å². The van der Waals surface area contributed by atoms with E-state index in [1.165, 1.54) is 0 Å². The summed E-state index contributed by atoms with van der Waals surface area (Å²) in [5.74, 6) is -0.300. The van der Waals surface area contributed by atoms with E-state index in [0.717, 1.165) is 66.1 Å². The van der Waals surface area contributed by atoms with Crippen LogP contribution in [-0.4, -0.2) is 66.6 Å². The molecule has 1 fully saturated rings. The molecule has 1 aromatic heterocycles. The Morgan fingerprint density at radius 1 is 1.00 bits per heavy atom. The second kappa shape index (κ2) is 11.3. The van der Waals surface area contributed by atoms with Crippen molar-refractivity contribution in [2.24, 2.45) is 0 Å². The number of likely N-dealkylation sites (N-methyl/N-ethyl adjacent to an activating group) is 1. The fourth-order valence-electron chi connectivity index (χ4n) is 4.75. The zero-order valence-electron chi connectivity index (χ0n) is 22.0. The van der Waals surface area contributed by atoms with Crippen LogP contribution in [0.25, 0.3) is 33.6 Å². The van der Waals surface area contributed by atoms with Gasteiger partial charge in [-0.05, 0) is 49.9 Å². The van der Waals surface area contributed by atoms with Gasteiger partial charge in [0.05, 0.1) is 17.5 Å². The van der Waals surface area contributed by atoms with Gasteiger partial charge in [-0.15, -0.1) is 0 Å². The van der Waals surface area contributed by atoms with E-state index in [1.807, 2.05) is 48.5 Å². The molecule has 8 nitrogen and oxygen atoms in total. The molecule has 39 heavy (non-hydrogen) atoms. The number of rotatable bonds is 7. The molecule has 0 bridgehead atoms. The Labute approximate surface area is 227 Å². The largest absolute Gasteiger partial charge is 0.368 e. The second-order valence-electron chi connectivity index (χ2n) is 9.83. The zero-order chi connectivity index (χ0) is 27.4. The maximum Gasteiger partial charge on any atom is 0.252 e. The highest BCUT2D eigenvalue weighted by Gasteiger charge is 2.19. The van der Waals surface area contributed by atoms with E-state index >= 15 is 0 Å². The van der Waals surface area contributed by atoms with E-state index in [9.17, 15) is 9.59 Å². The van der Waals surface area contributed by atoms with Gasteiger partial charge in [0.25, 0.3) is 5.91 Å². The van der Waals surface area contributed by atoms with Crippen molar-refractivity contribution in [1.29, 1.82) is 5.26 Å². The summed E-state index contributed by atoms with van der Waals surface area (Å²) in [7, 11) is 2.14. The summed E-state index contributed by atoms with van der Waals surface area (Å²) >= 11 is 0. The number of benzene rings is 3. The topological polar surface area (TPSA) is 105 Å². The van der Waals surface area contributed by atoms with Crippen LogP contribution in [0.4, 0.5) is 5.69 Å². The average Bonchev–Trinajstić information content (AvgIpc) is 3.48. The highest BCUT2D eigenvalue weighted by Crippen LogP contribution is 2.36. The van der Waals surface area contributed by atoms with Crippen molar-refractivity contribution in [3.63, 3.8) is 0 Å². The average molecular weight is 519 g/mol. The molecule has 1 aliphatic heterocycles. The maximum atomic E-state index is 12.5. The van der Waals surface area contributed by atoms with E-state index in [4.69, 9.17) is 5.26 Å². The lowest BCUT2D eigenvalue weighted by molar-refractivity contribution is 0.0947. The summed E-state index contributed by atoms with van der Waals surface area (Å²) in [4.78, 5) is 28.5. The third kappa shape index (κ3) is 5.74. The van der Waals surface area contributed by atoms with Crippen LogP contribution in [0, 0.1) is 11.3 Å². The number of nitrogens with one attached hydrogen (secondary N) is 2. The standard InChI is InChI=1S/C31H30N6O2/c1-21(19-32)33-31(39)26-5-3-4-24(16-26)28-18-29(35-34-28)25-10-11-30(37-14-12-36(2)13-15-37)27(17-25)23-8-6-22(20-38)7-9-23/h3-11,16-18,20-21H,12-15H2,1-2H3,(H,33,39)(H,34,35). The van der Waals surface area contributed by atoms with Gasteiger partial charge in [-0.2, -0.15) is 10.4 Å².